The van der Waals surface area contributed by atoms with E-state index in [9.17, 15) is 9.90 Å². The van der Waals surface area contributed by atoms with Crippen LogP contribution in [0.15, 0.2) is 30.3 Å². The van der Waals surface area contributed by atoms with E-state index in [1.807, 2.05) is 44.2 Å². The number of carbonyl (C=O) groups is 1. The molecule has 1 N–H and O–H groups in total. The molecule has 0 aliphatic rings. The highest BCUT2D eigenvalue weighted by Gasteiger charge is 2.39. The molecule has 0 saturated heterocycles. The molecule has 0 saturated carbocycles. The normalized spacial score (nSPS) is 14.4. The fourth-order valence-corrected chi connectivity index (χ4v) is 3.17. The average molecular weight is 238 g/mol. The second-order valence-corrected chi connectivity index (χ2v) is 5.24. The van der Waals surface area contributed by atoms with Crippen LogP contribution in [0.5, 0.6) is 0 Å². The van der Waals surface area contributed by atoms with Crippen LogP contribution in [0.25, 0.3) is 0 Å². The molecule has 0 radical (unpaired) electrons. The van der Waals surface area contributed by atoms with Crippen LogP contribution in [0, 0.1) is 0 Å². The predicted octanol–water partition coefficient (Wildman–Crippen LogP) is 3.52. The van der Waals surface area contributed by atoms with Gasteiger partial charge in [-0.2, -0.15) is 0 Å². The molecule has 1 aromatic carbocycles. The summed E-state index contributed by atoms with van der Waals surface area (Å²) in [5.41, 5.74) is 0.899. The predicted molar refractivity (Wildman–Crippen MR) is 68.8 cm³/mol. The van der Waals surface area contributed by atoms with Crippen molar-refractivity contribution in [3.63, 3.8) is 0 Å². The Morgan fingerprint density at radius 2 is 1.94 bits per heavy atom. The van der Waals surface area contributed by atoms with E-state index in [1.165, 1.54) is 11.8 Å². The summed E-state index contributed by atoms with van der Waals surface area (Å²) >= 11 is 1.51. The summed E-state index contributed by atoms with van der Waals surface area (Å²) < 4.78 is -0.773. The number of rotatable bonds is 6. The van der Waals surface area contributed by atoms with Crippen LogP contribution in [0.1, 0.15) is 32.3 Å². The van der Waals surface area contributed by atoms with Gasteiger partial charge in [0.2, 0.25) is 0 Å². The van der Waals surface area contributed by atoms with E-state index in [0.29, 0.717) is 6.42 Å². The zero-order chi connectivity index (χ0) is 12.0. The minimum atomic E-state index is -0.773. The molecule has 0 fully saturated rings. The molecular weight excluding hydrogens is 220 g/mol. The topological polar surface area (TPSA) is 37.3 Å². The van der Waals surface area contributed by atoms with Crippen molar-refractivity contribution >= 4 is 17.7 Å². The van der Waals surface area contributed by atoms with Crippen LogP contribution >= 0.6 is 11.8 Å². The fraction of sp³-hybridized carbons (Fsp3) is 0.462. The van der Waals surface area contributed by atoms with Gasteiger partial charge in [0, 0.05) is 0 Å². The summed E-state index contributed by atoms with van der Waals surface area (Å²) in [6.45, 7) is 4.03. The molecule has 16 heavy (non-hydrogen) atoms. The summed E-state index contributed by atoms with van der Waals surface area (Å²) in [5, 5.41) is 9.52. The number of benzene rings is 1. The highest BCUT2D eigenvalue weighted by molar-refractivity contribution is 8.00. The zero-order valence-corrected chi connectivity index (χ0v) is 10.6. The van der Waals surface area contributed by atoms with Gasteiger partial charge in [-0.05, 0) is 17.7 Å². The van der Waals surface area contributed by atoms with Gasteiger partial charge < -0.3 is 5.11 Å². The summed E-state index contributed by atoms with van der Waals surface area (Å²) in [5.74, 6) is 0.0775. The van der Waals surface area contributed by atoms with Crippen molar-refractivity contribution < 1.29 is 9.90 Å². The lowest BCUT2D eigenvalue weighted by molar-refractivity contribution is -0.140. The van der Waals surface area contributed by atoms with Crippen molar-refractivity contribution in [2.75, 3.05) is 5.75 Å². The quantitative estimate of drug-likeness (QED) is 0.824. The first kappa shape index (κ1) is 13.1. The van der Waals surface area contributed by atoms with Crippen LogP contribution in [0.2, 0.25) is 0 Å². The van der Waals surface area contributed by atoms with Crippen molar-refractivity contribution in [2.45, 2.75) is 31.4 Å². The average Bonchev–Trinajstić information content (AvgIpc) is 2.29. The van der Waals surface area contributed by atoms with Gasteiger partial charge in [-0.25, -0.2) is 0 Å². The van der Waals surface area contributed by atoms with Gasteiger partial charge in [0.05, 0.1) is 0 Å². The summed E-state index contributed by atoms with van der Waals surface area (Å²) in [6, 6.07) is 9.54. The third-order valence-corrected chi connectivity index (χ3v) is 3.97. The first-order chi connectivity index (χ1) is 7.67. The Kier molecular flexibility index (Phi) is 4.87. The molecule has 0 heterocycles. The molecular formula is C13H18O2S. The van der Waals surface area contributed by atoms with Crippen LogP contribution in [-0.2, 0) is 9.54 Å². The molecule has 88 valence electrons. The van der Waals surface area contributed by atoms with E-state index in [-0.39, 0.29) is 0 Å². The Morgan fingerprint density at radius 3 is 2.38 bits per heavy atom. The zero-order valence-electron chi connectivity index (χ0n) is 9.77. The summed E-state index contributed by atoms with van der Waals surface area (Å²) in [6.07, 6.45) is 1.54. The van der Waals surface area contributed by atoms with Gasteiger partial charge in [-0.1, -0.05) is 50.6 Å². The monoisotopic (exact) mass is 238 g/mol. The Bertz CT molecular complexity index is 329. The first-order valence-electron chi connectivity index (χ1n) is 5.60. The molecule has 0 aliphatic heterocycles. The fourth-order valence-electron chi connectivity index (χ4n) is 1.90. The molecule has 3 heteroatoms. The van der Waals surface area contributed by atoms with Crippen LogP contribution in [-0.4, -0.2) is 16.8 Å². The maximum absolute atomic E-state index is 11.6. The smallest absolute Gasteiger partial charge is 0.324 e. The van der Waals surface area contributed by atoms with Crippen molar-refractivity contribution in [3.8, 4) is 0 Å². The van der Waals surface area contributed by atoms with Gasteiger partial charge in [0.1, 0.15) is 4.75 Å². The van der Waals surface area contributed by atoms with Gasteiger partial charge in [0.15, 0.2) is 0 Å². The lowest BCUT2D eigenvalue weighted by atomic mass is 9.93. The number of hydrogen-bond acceptors (Lipinski definition) is 2. The molecule has 1 aromatic rings. The Labute approximate surface area is 101 Å². The van der Waals surface area contributed by atoms with E-state index in [1.54, 1.807) is 0 Å². The van der Waals surface area contributed by atoms with E-state index in [4.69, 9.17) is 0 Å². The number of aliphatic carboxylic acids is 1. The lowest BCUT2D eigenvalue weighted by Crippen LogP contribution is -2.32. The van der Waals surface area contributed by atoms with E-state index in [2.05, 4.69) is 0 Å². The molecule has 1 rings (SSSR count). The van der Waals surface area contributed by atoms with Crippen LogP contribution in [0.4, 0.5) is 0 Å². The summed E-state index contributed by atoms with van der Waals surface area (Å²) in [4.78, 5) is 11.6. The Hall–Kier alpha value is -0.960. The van der Waals surface area contributed by atoms with Crippen LogP contribution in [0.3, 0.4) is 0 Å². The Balaban J connectivity index is 3.15. The SMILES string of the molecule is CCCC(SCC)(C(=O)O)c1ccccc1. The lowest BCUT2D eigenvalue weighted by Gasteiger charge is -2.28. The Morgan fingerprint density at radius 1 is 1.31 bits per heavy atom. The van der Waals surface area contributed by atoms with Gasteiger partial charge in [0.25, 0.3) is 0 Å². The molecule has 0 bridgehead atoms. The third kappa shape index (κ3) is 2.59. The van der Waals surface area contributed by atoms with Crippen LogP contribution < -0.4 is 0 Å². The highest BCUT2D eigenvalue weighted by Crippen LogP contribution is 2.40. The molecule has 0 amide bonds. The molecule has 1 unspecified atom stereocenters. The highest BCUT2D eigenvalue weighted by atomic mass is 32.2. The first-order valence-corrected chi connectivity index (χ1v) is 6.58. The van der Waals surface area contributed by atoms with Gasteiger partial charge in [-0.3, -0.25) is 4.79 Å². The summed E-state index contributed by atoms with van der Waals surface area (Å²) in [7, 11) is 0. The van der Waals surface area contributed by atoms with Crippen molar-refractivity contribution in [1.29, 1.82) is 0 Å². The number of hydrogen-bond donors (Lipinski definition) is 1. The van der Waals surface area contributed by atoms with E-state index >= 15 is 0 Å². The molecule has 0 aromatic heterocycles. The van der Waals surface area contributed by atoms with Gasteiger partial charge in [-0.15, -0.1) is 11.8 Å². The maximum atomic E-state index is 11.6. The maximum Gasteiger partial charge on any atom is 0.324 e. The van der Waals surface area contributed by atoms with Crippen molar-refractivity contribution in [2.24, 2.45) is 0 Å². The van der Waals surface area contributed by atoms with E-state index in [0.717, 1.165) is 17.7 Å². The second kappa shape index (κ2) is 5.94. The third-order valence-electron chi connectivity index (χ3n) is 2.58. The number of carboxylic acids is 1. The largest absolute Gasteiger partial charge is 0.480 e. The molecule has 0 spiro atoms. The molecule has 0 aliphatic carbocycles. The standard InChI is InChI=1S/C13H18O2S/c1-3-10-13(12(14)15,16-4-2)11-8-6-5-7-9-11/h5-9H,3-4,10H2,1-2H3,(H,14,15). The molecule has 1 atom stereocenters. The molecule has 2 nitrogen and oxygen atoms in total. The van der Waals surface area contributed by atoms with Crippen molar-refractivity contribution in [3.05, 3.63) is 35.9 Å². The minimum Gasteiger partial charge on any atom is -0.480 e. The second-order valence-electron chi connectivity index (χ2n) is 3.68. The van der Waals surface area contributed by atoms with Gasteiger partial charge >= 0.3 is 5.97 Å². The number of carboxylic acid groups (broad SMARTS) is 1. The van der Waals surface area contributed by atoms with E-state index < -0.39 is 10.7 Å². The number of thioether (sulfide) groups is 1. The minimum absolute atomic E-state index is 0.671. The van der Waals surface area contributed by atoms with Crippen molar-refractivity contribution in [1.82, 2.24) is 0 Å².